The number of rotatable bonds is 4. The van der Waals surface area contributed by atoms with E-state index in [0.29, 0.717) is 13.1 Å². The van der Waals surface area contributed by atoms with Gasteiger partial charge in [-0.05, 0) is 19.5 Å². The molecule has 0 radical (unpaired) electrons. The minimum absolute atomic E-state index is 0.0525. The summed E-state index contributed by atoms with van der Waals surface area (Å²) in [7, 11) is 0. The van der Waals surface area contributed by atoms with Crippen molar-refractivity contribution in [2.45, 2.75) is 20.1 Å². The van der Waals surface area contributed by atoms with Crippen LogP contribution in [0.15, 0.2) is 12.2 Å². The van der Waals surface area contributed by atoms with Crippen molar-refractivity contribution in [1.82, 2.24) is 9.80 Å². The van der Waals surface area contributed by atoms with Crippen molar-refractivity contribution in [3.05, 3.63) is 12.2 Å². The normalized spacial score (nSPS) is 24.9. The summed E-state index contributed by atoms with van der Waals surface area (Å²) in [6, 6.07) is 0. The molecule has 15 heavy (non-hydrogen) atoms. The molecule has 1 rings (SSSR count). The summed E-state index contributed by atoms with van der Waals surface area (Å²) in [5, 5.41) is 9.80. The minimum Gasteiger partial charge on any atom is -0.377 e. The zero-order chi connectivity index (χ0) is 11.3. The minimum atomic E-state index is -0.407. The second kappa shape index (κ2) is 6.00. The van der Waals surface area contributed by atoms with Gasteiger partial charge in [-0.15, -0.1) is 0 Å². The van der Waals surface area contributed by atoms with Gasteiger partial charge in [0.2, 0.25) is 0 Å². The van der Waals surface area contributed by atoms with Crippen LogP contribution in [0.2, 0.25) is 0 Å². The number of allylic oxidation sites excluding steroid dienone is 1. The Morgan fingerprint density at radius 1 is 1.53 bits per heavy atom. The van der Waals surface area contributed by atoms with Gasteiger partial charge >= 0.3 is 0 Å². The SMILES string of the molecule is CCN1CCN(C/C=C/C(C)=O)C(O)C1. The molecule has 1 unspecified atom stereocenters. The zero-order valence-electron chi connectivity index (χ0n) is 9.52. The standard InChI is InChI=1S/C11H20N2O2/c1-3-12-7-8-13(11(15)9-12)6-4-5-10(2)14/h4-5,11,15H,3,6-9H2,1-2H3/b5-4+. The highest BCUT2D eigenvalue weighted by atomic mass is 16.3. The summed E-state index contributed by atoms with van der Waals surface area (Å²) in [5.41, 5.74) is 0. The van der Waals surface area contributed by atoms with E-state index < -0.39 is 6.23 Å². The molecule has 0 aromatic carbocycles. The van der Waals surface area contributed by atoms with Crippen molar-refractivity contribution in [3.63, 3.8) is 0 Å². The molecule has 1 atom stereocenters. The highest BCUT2D eigenvalue weighted by Crippen LogP contribution is 2.06. The molecule has 0 aliphatic carbocycles. The lowest BCUT2D eigenvalue weighted by Gasteiger charge is -2.37. The van der Waals surface area contributed by atoms with Crippen molar-refractivity contribution in [3.8, 4) is 0 Å². The van der Waals surface area contributed by atoms with Crippen LogP contribution in [-0.2, 0) is 4.79 Å². The third-order valence-corrected chi connectivity index (χ3v) is 2.69. The van der Waals surface area contributed by atoms with E-state index in [1.165, 1.54) is 6.92 Å². The summed E-state index contributed by atoms with van der Waals surface area (Å²) in [6.45, 7) is 7.80. The van der Waals surface area contributed by atoms with Crippen LogP contribution in [0.5, 0.6) is 0 Å². The number of nitrogens with zero attached hydrogens (tertiary/aromatic N) is 2. The van der Waals surface area contributed by atoms with Gasteiger partial charge in [0.15, 0.2) is 5.78 Å². The molecule has 1 aliphatic rings. The van der Waals surface area contributed by atoms with Crippen LogP contribution in [0.1, 0.15) is 13.8 Å². The first-order valence-corrected chi connectivity index (χ1v) is 5.45. The van der Waals surface area contributed by atoms with Crippen molar-refractivity contribution in [2.24, 2.45) is 0 Å². The fourth-order valence-corrected chi connectivity index (χ4v) is 1.71. The van der Waals surface area contributed by atoms with Crippen molar-refractivity contribution in [2.75, 3.05) is 32.7 Å². The Morgan fingerprint density at radius 2 is 2.27 bits per heavy atom. The van der Waals surface area contributed by atoms with Crippen molar-refractivity contribution in [1.29, 1.82) is 0 Å². The molecule has 0 aromatic rings. The van der Waals surface area contributed by atoms with E-state index in [1.54, 1.807) is 6.08 Å². The molecule has 0 bridgehead atoms. The number of ketones is 1. The fraction of sp³-hybridized carbons (Fsp3) is 0.727. The molecule has 4 nitrogen and oxygen atoms in total. The quantitative estimate of drug-likeness (QED) is 0.671. The van der Waals surface area contributed by atoms with Crippen LogP contribution >= 0.6 is 0 Å². The molecule has 1 saturated heterocycles. The molecular weight excluding hydrogens is 192 g/mol. The van der Waals surface area contributed by atoms with Crippen LogP contribution in [0.4, 0.5) is 0 Å². The highest BCUT2D eigenvalue weighted by Gasteiger charge is 2.22. The van der Waals surface area contributed by atoms with E-state index in [-0.39, 0.29) is 5.78 Å². The summed E-state index contributed by atoms with van der Waals surface area (Å²) < 4.78 is 0. The van der Waals surface area contributed by atoms with Gasteiger partial charge in [0, 0.05) is 26.2 Å². The average Bonchev–Trinajstić information content (AvgIpc) is 2.20. The number of carbonyl (C=O) groups is 1. The highest BCUT2D eigenvalue weighted by molar-refractivity contribution is 5.87. The van der Waals surface area contributed by atoms with Gasteiger partial charge in [-0.25, -0.2) is 0 Å². The Morgan fingerprint density at radius 3 is 2.80 bits per heavy atom. The fourth-order valence-electron chi connectivity index (χ4n) is 1.71. The maximum Gasteiger partial charge on any atom is 0.152 e. The second-order valence-corrected chi connectivity index (χ2v) is 3.88. The van der Waals surface area contributed by atoms with Gasteiger partial charge < -0.3 is 5.11 Å². The molecule has 0 spiro atoms. The predicted molar refractivity (Wildman–Crippen MR) is 59.5 cm³/mol. The Hall–Kier alpha value is -0.710. The molecule has 1 aliphatic heterocycles. The predicted octanol–water partition coefficient (Wildman–Crippen LogP) is 0.0875. The topological polar surface area (TPSA) is 43.8 Å². The molecule has 86 valence electrons. The van der Waals surface area contributed by atoms with Crippen LogP contribution in [0, 0.1) is 0 Å². The van der Waals surface area contributed by atoms with E-state index in [2.05, 4.69) is 11.8 Å². The molecule has 1 heterocycles. The van der Waals surface area contributed by atoms with Crippen LogP contribution in [-0.4, -0.2) is 59.6 Å². The number of aliphatic hydroxyl groups is 1. The maximum atomic E-state index is 10.7. The average molecular weight is 212 g/mol. The van der Waals surface area contributed by atoms with Gasteiger partial charge in [0.25, 0.3) is 0 Å². The summed E-state index contributed by atoms with van der Waals surface area (Å²) in [6.07, 6.45) is 2.96. The lowest BCUT2D eigenvalue weighted by Crippen LogP contribution is -2.52. The maximum absolute atomic E-state index is 10.7. The van der Waals surface area contributed by atoms with Crippen LogP contribution in [0.3, 0.4) is 0 Å². The number of β-amino-alcohol motifs (C(OH)–C–C–N with tert-alkyl or cyclic N) is 1. The van der Waals surface area contributed by atoms with Gasteiger partial charge in [-0.3, -0.25) is 14.6 Å². The number of likely N-dealkylation sites (N-methyl/N-ethyl adjacent to an activating group) is 1. The van der Waals surface area contributed by atoms with Gasteiger partial charge in [0.1, 0.15) is 6.23 Å². The first kappa shape index (κ1) is 12.4. The molecule has 0 saturated carbocycles. The van der Waals surface area contributed by atoms with E-state index in [1.807, 2.05) is 11.0 Å². The summed E-state index contributed by atoms with van der Waals surface area (Å²) in [4.78, 5) is 14.9. The molecule has 4 heteroatoms. The zero-order valence-corrected chi connectivity index (χ0v) is 9.52. The second-order valence-electron chi connectivity index (χ2n) is 3.88. The molecule has 0 aromatic heterocycles. The van der Waals surface area contributed by atoms with Crippen molar-refractivity contribution >= 4 is 5.78 Å². The number of hydrogen-bond acceptors (Lipinski definition) is 4. The molecule has 1 N–H and O–H groups in total. The van der Waals surface area contributed by atoms with Gasteiger partial charge in [-0.1, -0.05) is 13.0 Å². The smallest absolute Gasteiger partial charge is 0.152 e. The number of aliphatic hydroxyl groups excluding tert-OH is 1. The first-order valence-electron chi connectivity index (χ1n) is 5.45. The molecular formula is C11H20N2O2. The van der Waals surface area contributed by atoms with Crippen molar-refractivity contribution < 1.29 is 9.90 Å². The molecule has 1 fully saturated rings. The van der Waals surface area contributed by atoms with E-state index in [4.69, 9.17) is 0 Å². The lowest BCUT2D eigenvalue weighted by atomic mass is 10.2. The Balaban J connectivity index is 2.34. The summed E-state index contributed by atoms with van der Waals surface area (Å²) in [5.74, 6) is 0.0525. The van der Waals surface area contributed by atoms with E-state index >= 15 is 0 Å². The van der Waals surface area contributed by atoms with Gasteiger partial charge in [0.05, 0.1) is 0 Å². The Labute approximate surface area is 91.2 Å². The Kier molecular flexibility index (Phi) is 4.94. The number of piperazine rings is 1. The van der Waals surface area contributed by atoms with Crippen LogP contribution in [0.25, 0.3) is 0 Å². The van der Waals surface area contributed by atoms with Crippen LogP contribution < -0.4 is 0 Å². The monoisotopic (exact) mass is 212 g/mol. The molecule has 0 amide bonds. The third-order valence-electron chi connectivity index (χ3n) is 2.69. The lowest BCUT2D eigenvalue weighted by molar-refractivity contribution is -0.112. The number of hydrogen-bond donors (Lipinski definition) is 1. The van der Waals surface area contributed by atoms with E-state index in [0.717, 1.165) is 19.6 Å². The van der Waals surface area contributed by atoms with Gasteiger partial charge in [-0.2, -0.15) is 0 Å². The van der Waals surface area contributed by atoms with E-state index in [9.17, 15) is 9.90 Å². The number of carbonyl (C=O) groups excluding carboxylic acids is 1. The third kappa shape index (κ3) is 4.11. The Bertz CT molecular complexity index is 241. The largest absolute Gasteiger partial charge is 0.377 e. The summed E-state index contributed by atoms with van der Waals surface area (Å²) >= 11 is 0. The first-order chi connectivity index (χ1) is 7.13.